The number of hydrogen-bond donors (Lipinski definition) is 0. The molecule has 0 fully saturated rings. The van der Waals surface area contributed by atoms with Crippen LogP contribution in [0.4, 0.5) is 8.78 Å². The number of nitrogens with zero attached hydrogens (tertiary/aromatic N) is 1. The van der Waals surface area contributed by atoms with Crippen LogP contribution in [-0.4, -0.2) is 12.4 Å². The summed E-state index contributed by atoms with van der Waals surface area (Å²) in [5.74, 6) is 0. The molecule has 0 saturated carbocycles. The molecule has 0 N–H and O–H groups in total. The monoisotopic (exact) mass is 385 g/mol. The van der Waals surface area contributed by atoms with E-state index in [1.54, 1.807) is 24.3 Å². The van der Waals surface area contributed by atoms with Gasteiger partial charge < -0.3 is 0 Å². The van der Waals surface area contributed by atoms with Crippen molar-refractivity contribution in [2.24, 2.45) is 0 Å². The van der Waals surface area contributed by atoms with Gasteiger partial charge in [0.15, 0.2) is 0 Å². The van der Waals surface area contributed by atoms with Gasteiger partial charge in [0.2, 0.25) is 0 Å². The van der Waals surface area contributed by atoms with Gasteiger partial charge in [0.1, 0.15) is 0 Å². The van der Waals surface area contributed by atoms with Crippen LogP contribution >= 0.6 is 15.9 Å². The molecule has 0 aliphatic rings. The van der Waals surface area contributed by atoms with Crippen molar-refractivity contribution in [3.05, 3.63) is 64.8 Å². The summed E-state index contributed by atoms with van der Waals surface area (Å²) in [6.45, 7) is 0. The number of fused-ring (bicyclic) bond motifs is 1. The average Bonchev–Trinajstić information content (AvgIpc) is 2.87. The molecule has 3 nitrogen and oxygen atoms in total. The molecule has 0 saturated heterocycles. The van der Waals surface area contributed by atoms with Crippen molar-refractivity contribution in [2.75, 3.05) is 0 Å². The molecule has 0 amide bonds. The van der Waals surface area contributed by atoms with E-state index in [4.69, 9.17) is 0 Å². The van der Waals surface area contributed by atoms with Crippen LogP contribution < -0.4 is 0 Å². The molecular weight excluding hydrogens is 376 g/mol. The number of rotatable bonds is 3. The van der Waals surface area contributed by atoms with E-state index in [0.29, 0.717) is 4.47 Å². The highest BCUT2D eigenvalue weighted by Gasteiger charge is 2.24. The van der Waals surface area contributed by atoms with Gasteiger partial charge in [-0.1, -0.05) is 40.2 Å². The molecule has 0 unspecified atom stereocenters. The third-order valence-electron chi connectivity index (χ3n) is 3.30. The summed E-state index contributed by atoms with van der Waals surface area (Å²) in [4.78, 5) is 0.0310. The zero-order chi connectivity index (χ0) is 15.9. The third-order valence-corrected chi connectivity index (χ3v) is 5.46. The lowest BCUT2D eigenvalue weighted by Gasteiger charge is -2.07. The number of para-hydroxylation sites is 1. The molecule has 7 heteroatoms. The highest BCUT2D eigenvalue weighted by molar-refractivity contribution is 9.10. The first-order valence-corrected chi connectivity index (χ1v) is 8.54. The molecule has 114 valence electrons. The fourth-order valence-corrected chi connectivity index (χ4v) is 4.26. The second kappa shape index (κ2) is 5.48. The van der Waals surface area contributed by atoms with Crippen molar-refractivity contribution >= 4 is 36.9 Å². The Hall–Kier alpha value is -1.73. The lowest BCUT2D eigenvalue weighted by atomic mass is 10.2. The Balaban J connectivity index is 2.30. The van der Waals surface area contributed by atoms with Crippen molar-refractivity contribution in [3.63, 3.8) is 0 Å². The van der Waals surface area contributed by atoms with Gasteiger partial charge in [-0.25, -0.2) is 21.2 Å². The number of benzene rings is 2. The molecule has 0 aliphatic heterocycles. The van der Waals surface area contributed by atoms with Crippen LogP contribution in [0.5, 0.6) is 0 Å². The highest BCUT2D eigenvalue weighted by Crippen LogP contribution is 2.32. The van der Waals surface area contributed by atoms with Crippen LogP contribution in [0.2, 0.25) is 0 Å². The molecule has 1 heterocycles. The second-order valence-corrected chi connectivity index (χ2v) is 7.39. The zero-order valence-electron chi connectivity index (χ0n) is 11.1. The number of hydrogen-bond acceptors (Lipinski definition) is 2. The van der Waals surface area contributed by atoms with Crippen LogP contribution in [0.1, 0.15) is 12.0 Å². The SMILES string of the molecule is O=S(=O)(c1cccc(Br)c1)n1cc(C(F)F)c2ccccc21. The van der Waals surface area contributed by atoms with E-state index in [9.17, 15) is 17.2 Å². The van der Waals surface area contributed by atoms with Crippen molar-refractivity contribution in [1.82, 2.24) is 3.97 Å². The van der Waals surface area contributed by atoms with Crippen LogP contribution in [0.25, 0.3) is 10.9 Å². The molecule has 2 aromatic carbocycles. The predicted molar refractivity (Wildman–Crippen MR) is 83.6 cm³/mol. The van der Waals surface area contributed by atoms with Crippen molar-refractivity contribution in [3.8, 4) is 0 Å². The molecule has 0 bridgehead atoms. The quantitative estimate of drug-likeness (QED) is 0.661. The van der Waals surface area contributed by atoms with E-state index < -0.39 is 16.4 Å². The molecule has 22 heavy (non-hydrogen) atoms. The van der Waals surface area contributed by atoms with E-state index >= 15 is 0 Å². The van der Waals surface area contributed by atoms with Crippen LogP contribution in [0.3, 0.4) is 0 Å². The normalized spacial score (nSPS) is 12.2. The van der Waals surface area contributed by atoms with Gasteiger partial charge in [-0.2, -0.15) is 0 Å². The fraction of sp³-hybridized carbons (Fsp3) is 0.0667. The Bertz CT molecular complexity index is 951. The first-order chi connectivity index (χ1) is 10.4. The standard InChI is InChI=1S/C15H10BrF2NO2S/c16-10-4-3-5-11(8-10)22(20,21)19-9-13(15(17)18)12-6-1-2-7-14(12)19/h1-9,15H. The van der Waals surface area contributed by atoms with Gasteiger partial charge in [-0.15, -0.1) is 0 Å². The van der Waals surface area contributed by atoms with Crippen molar-refractivity contribution in [1.29, 1.82) is 0 Å². The van der Waals surface area contributed by atoms with Gasteiger partial charge in [-0.05, 0) is 24.3 Å². The summed E-state index contributed by atoms with van der Waals surface area (Å²) in [7, 11) is -3.95. The van der Waals surface area contributed by atoms with E-state index in [2.05, 4.69) is 15.9 Å². The van der Waals surface area contributed by atoms with Gasteiger partial charge >= 0.3 is 0 Å². The van der Waals surface area contributed by atoms with E-state index in [0.717, 1.165) is 10.2 Å². The average molecular weight is 386 g/mol. The van der Waals surface area contributed by atoms with Gasteiger partial charge in [0, 0.05) is 21.6 Å². The second-order valence-electron chi connectivity index (χ2n) is 4.66. The summed E-state index contributed by atoms with van der Waals surface area (Å²) in [6, 6.07) is 12.4. The summed E-state index contributed by atoms with van der Waals surface area (Å²) >= 11 is 3.21. The Morgan fingerprint density at radius 3 is 2.45 bits per heavy atom. The molecule has 0 radical (unpaired) electrons. The maximum absolute atomic E-state index is 13.1. The van der Waals surface area contributed by atoms with Crippen LogP contribution in [-0.2, 0) is 10.0 Å². The number of aromatic nitrogens is 1. The lowest BCUT2D eigenvalue weighted by Crippen LogP contribution is -2.11. The lowest BCUT2D eigenvalue weighted by molar-refractivity contribution is 0.153. The summed E-state index contributed by atoms with van der Waals surface area (Å²) in [6.07, 6.45) is -1.75. The van der Waals surface area contributed by atoms with E-state index in [1.807, 2.05) is 0 Å². The van der Waals surface area contributed by atoms with Gasteiger partial charge in [0.05, 0.1) is 10.4 Å². The largest absolute Gasteiger partial charge is 0.268 e. The molecule has 1 aromatic heterocycles. The maximum Gasteiger partial charge on any atom is 0.268 e. The first kappa shape index (κ1) is 15.2. The Kier molecular flexibility index (Phi) is 3.78. The fourth-order valence-electron chi connectivity index (χ4n) is 2.29. The highest BCUT2D eigenvalue weighted by atomic mass is 79.9. The summed E-state index contributed by atoms with van der Waals surface area (Å²) in [5, 5.41) is 0.232. The Labute approximate surface area is 134 Å². The van der Waals surface area contributed by atoms with Crippen LogP contribution in [0, 0.1) is 0 Å². The maximum atomic E-state index is 13.1. The molecule has 0 aliphatic carbocycles. The number of halogens is 3. The first-order valence-electron chi connectivity index (χ1n) is 6.30. The molecule has 3 aromatic rings. The molecular formula is C15H10BrF2NO2S. The van der Waals surface area contributed by atoms with Gasteiger partial charge in [0.25, 0.3) is 16.4 Å². The van der Waals surface area contributed by atoms with E-state index in [-0.39, 0.29) is 21.4 Å². The minimum atomic E-state index is -3.95. The van der Waals surface area contributed by atoms with Gasteiger partial charge in [-0.3, -0.25) is 0 Å². The van der Waals surface area contributed by atoms with Crippen LogP contribution in [0.15, 0.2) is 64.1 Å². The predicted octanol–water partition coefficient (Wildman–Crippen LogP) is 4.58. The third kappa shape index (κ3) is 2.44. The summed E-state index contributed by atoms with van der Waals surface area (Å²) < 4.78 is 53.3. The van der Waals surface area contributed by atoms with Crippen molar-refractivity contribution < 1.29 is 17.2 Å². The zero-order valence-corrected chi connectivity index (χ0v) is 13.5. The number of alkyl halides is 2. The molecule has 0 spiro atoms. The summed E-state index contributed by atoms with van der Waals surface area (Å²) in [5.41, 5.74) is -0.0630. The smallest absolute Gasteiger partial charge is 0.241 e. The Morgan fingerprint density at radius 2 is 1.77 bits per heavy atom. The molecule has 3 rings (SSSR count). The van der Waals surface area contributed by atoms with E-state index in [1.165, 1.54) is 24.3 Å². The van der Waals surface area contributed by atoms with Crippen molar-refractivity contribution in [2.45, 2.75) is 11.3 Å². The molecule has 0 atom stereocenters. The minimum absolute atomic E-state index is 0.0310. The topological polar surface area (TPSA) is 39.1 Å². The minimum Gasteiger partial charge on any atom is -0.241 e. The Morgan fingerprint density at radius 1 is 1.05 bits per heavy atom.